The van der Waals surface area contributed by atoms with E-state index in [1.165, 1.54) is 24.5 Å². The normalized spacial score (nSPS) is 18.7. The Bertz CT molecular complexity index is 807. The van der Waals surface area contributed by atoms with E-state index in [0.717, 1.165) is 56.1 Å². The van der Waals surface area contributed by atoms with Crippen LogP contribution in [0.4, 0.5) is 0 Å². The van der Waals surface area contributed by atoms with Gasteiger partial charge in [-0.3, -0.25) is 14.4 Å². The fourth-order valence-electron chi connectivity index (χ4n) is 5.64. The van der Waals surface area contributed by atoms with Crippen LogP contribution in [-0.4, -0.2) is 17.3 Å². The topological polar surface area (TPSA) is 51.2 Å². The maximum Gasteiger partial charge on any atom is 0.163 e. The maximum absolute atomic E-state index is 13.2. The van der Waals surface area contributed by atoms with Gasteiger partial charge in [0.2, 0.25) is 0 Å². The van der Waals surface area contributed by atoms with Crippen molar-refractivity contribution >= 4 is 17.3 Å². The van der Waals surface area contributed by atoms with Crippen LogP contribution in [0, 0.1) is 30.6 Å². The summed E-state index contributed by atoms with van der Waals surface area (Å²) in [6.45, 7) is 12.3. The number of rotatable bonds is 13. The molecule has 4 atom stereocenters. The third-order valence-electron chi connectivity index (χ3n) is 7.61. The summed E-state index contributed by atoms with van der Waals surface area (Å²) in [7, 11) is 0. The smallest absolute Gasteiger partial charge is 0.163 e. The Labute approximate surface area is 195 Å². The van der Waals surface area contributed by atoms with Crippen molar-refractivity contribution in [1.82, 2.24) is 0 Å². The van der Waals surface area contributed by atoms with E-state index in [9.17, 15) is 14.4 Å². The minimum Gasteiger partial charge on any atom is -0.300 e. The highest BCUT2D eigenvalue weighted by molar-refractivity contribution is 6.00. The van der Waals surface area contributed by atoms with Gasteiger partial charge in [-0.2, -0.15) is 0 Å². The first kappa shape index (κ1) is 26.5. The molecule has 0 saturated carbocycles. The molecule has 0 N–H and O–H groups in total. The van der Waals surface area contributed by atoms with E-state index in [-0.39, 0.29) is 41.5 Å². The lowest BCUT2D eigenvalue weighted by atomic mass is 9.71. The molecule has 0 saturated heterocycles. The Kier molecular flexibility index (Phi) is 10.3. The third-order valence-corrected chi connectivity index (χ3v) is 7.61. The van der Waals surface area contributed by atoms with Crippen LogP contribution in [0.1, 0.15) is 113 Å². The predicted molar refractivity (Wildman–Crippen MR) is 132 cm³/mol. The van der Waals surface area contributed by atoms with Crippen LogP contribution in [-0.2, 0) is 22.4 Å². The number of carbonyl (C=O) groups excluding carboxylic acids is 3. The molecule has 0 aromatic heterocycles. The molecule has 2 rings (SSSR count). The van der Waals surface area contributed by atoms with Gasteiger partial charge < -0.3 is 0 Å². The molecule has 0 bridgehead atoms. The Morgan fingerprint density at radius 3 is 2.38 bits per heavy atom. The molecular formula is C29H44O3. The average molecular weight is 441 g/mol. The van der Waals surface area contributed by atoms with E-state index in [4.69, 9.17) is 0 Å². The van der Waals surface area contributed by atoms with Crippen LogP contribution in [0.2, 0.25) is 0 Å². The van der Waals surface area contributed by atoms with Gasteiger partial charge in [0.25, 0.3) is 0 Å². The lowest BCUT2D eigenvalue weighted by Crippen LogP contribution is -2.30. The summed E-state index contributed by atoms with van der Waals surface area (Å²) in [4.78, 5) is 37.6. The molecule has 3 heteroatoms. The van der Waals surface area contributed by atoms with Crippen molar-refractivity contribution in [2.75, 3.05) is 0 Å². The molecular weight excluding hydrogens is 396 g/mol. The summed E-state index contributed by atoms with van der Waals surface area (Å²) in [6.07, 6.45) is 8.61. The van der Waals surface area contributed by atoms with Gasteiger partial charge in [-0.1, -0.05) is 59.1 Å². The fourth-order valence-corrected chi connectivity index (χ4v) is 5.64. The number of aryl methyl sites for hydroxylation is 2. The Morgan fingerprint density at radius 1 is 1.06 bits per heavy atom. The van der Waals surface area contributed by atoms with Gasteiger partial charge >= 0.3 is 0 Å². The van der Waals surface area contributed by atoms with Gasteiger partial charge in [-0.05, 0) is 80.4 Å². The highest BCUT2D eigenvalue weighted by atomic mass is 16.1. The second kappa shape index (κ2) is 12.5. The van der Waals surface area contributed by atoms with Crippen LogP contribution in [0.5, 0.6) is 0 Å². The zero-order chi connectivity index (χ0) is 23.8. The van der Waals surface area contributed by atoms with Crippen molar-refractivity contribution in [3.05, 3.63) is 34.4 Å². The standard InChI is InChI=1S/C29H44O3/c1-7-10-24(25(9-3)27(31)15-21(6)30)16-22-17-26-23(13-11-19(4)8-2)14-12-20(5)29(26)28(32)18-22/h12,14,19,22,24-25H,7-11,13,15-18H2,1-6H3. The molecule has 0 spiro atoms. The zero-order valence-electron chi connectivity index (χ0n) is 21.3. The molecule has 1 aromatic carbocycles. The van der Waals surface area contributed by atoms with Crippen LogP contribution in [0.3, 0.4) is 0 Å². The van der Waals surface area contributed by atoms with Crippen molar-refractivity contribution in [3.63, 3.8) is 0 Å². The minimum atomic E-state index is -0.0715. The Morgan fingerprint density at radius 2 is 1.78 bits per heavy atom. The monoisotopic (exact) mass is 440 g/mol. The molecule has 32 heavy (non-hydrogen) atoms. The molecule has 0 aliphatic heterocycles. The summed E-state index contributed by atoms with van der Waals surface area (Å²) < 4.78 is 0. The maximum atomic E-state index is 13.2. The lowest BCUT2D eigenvalue weighted by molar-refractivity contribution is -0.129. The first-order chi connectivity index (χ1) is 15.2. The highest BCUT2D eigenvalue weighted by Gasteiger charge is 2.33. The summed E-state index contributed by atoms with van der Waals surface area (Å²) in [5.74, 6) is 1.47. The van der Waals surface area contributed by atoms with Crippen molar-refractivity contribution in [2.45, 2.75) is 106 Å². The van der Waals surface area contributed by atoms with Gasteiger partial charge in [0.05, 0.1) is 6.42 Å². The van der Waals surface area contributed by atoms with Gasteiger partial charge in [-0.15, -0.1) is 0 Å². The predicted octanol–water partition coefficient (Wildman–Crippen LogP) is 7.10. The number of fused-ring (bicyclic) bond motifs is 1. The molecule has 0 radical (unpaired) electrons. The van der Waals surface area contributed by atoms with Gasteiger partial charge in [0.15, 0.2) is 5.78 Å². The fraction of sp³-hybridized carbons (Fsp3) is 0.690. The number of carbonyl (C=O) groups is 3. The summed E-state index contributed by atoms with van der Waals surface area (Å²) in [6, 6.07) is 4.36. The molecule has 4 unspecified atom stereocenters. The van der Waals surface area contributed by atoms with Gasteiger partial charge in [0.1, 0.15) is 11.6 Å². The van der Waals surface area contributed by atoms with Crippen LogP contribution in [0.25, 0.3) is 0 Å². The van der Waals surface area contributed by atoms with E-state index in [0.29, 0.717) is 12.3 Å². The molecule has 178 valence electrons. The third kappa shape index (κ3) is 6.86. The first-order valence-electron chi connectivity index (χ1n) is 12.9. The van der Waals surface area contributed by atoms with Gasteiger partial charge in [-0.25, -0.2) is 0 Å². The van der Waals surface area contributed by atoms with E-state index in [2.05, 4.69) is 46.8 Å². The molecule has 1 aromatic rings. The summed E-state index contributed by atoms with van der Waals surface area (Å²) in [5, 5.41) is 0. The van der Waals surface area contributed by atoms with Crippen LogP contribution < -0.4 is 0 Å². The number of Topliss-reactive ketones (excluding diaryl/α,β-unsaturated/α-hetero) is 3. The van der Waals surface area contributed by atoms with Crippen molar-refractivity contribution in [1.29, 1.82) is 0 Å². The molecule has 0 fully saturated rings. The van der Waals surface area contributed by atoms with Crippen molar-refractivity contribution in [2.24, 2.45) is 23.7 Å². The number of ketones is 3. The molecule has 0 amide bonds. The van der Waals surface area contributed by atoms with Gasteiger partial charge in [0, 0.05) is 17.9 Å². The SMILES string of the molecule is CCCC(CC1CC(=O)c2c(C)ccc(CCC(C)CC)c2C1)C(CC)C(=O)CC(C)=O. The number of hydrogen-bond acceptors (Lipinski definition) is 3. The number of hydrogen-bond donors (Lipinski definition) is 0. The Hall–Kier alpha value is -1.77. The van der Waals surface area contributed by atoms with E-state index < -0.39 is 0 Å². The second-order valence-corrected chi connectivity index (χ2v) is 10.3. The zero-order valence-corrected chi connectivity index (χ0v) is 21.3. The van der Waals surface area contributed by atoms with Crippen molar-refractivity contribution in [3.8, 4) is 0 Å². The minimum absolute atomic E-state index is 0.0457. The lowest BCUT2D eigenvalue weighted by Gasteiger charge is -2.32. The quantitative estimate of drug-likeness (QED) is 0.307. The summed E-state index contributed by atoms with van der Waals surface area (Å²) in [5.41, 5.74) is 4.68. The molecule has 3 nitrogen and oxygen atoms in total. The van der Waals surface area contributed by atoms with E-state index in [1.807, 2.05) is 0 Å². The van der Waals surface area contributed by atoms with E-state index >= 15 is 0 Å². The Balaban J connectivity index is 2.26. The first-order valence-corrected chi connectivity index (χ1v) is 12.9. The molecule has 1 aliphatic carbocycles. The van der Waals surface area contributed by atoms with Crippen LogP contribution in [0.15, 0.2) is 12.1 Å². The highest BCUT2D eigenvalue weighted by Crippen LogP contribution is 2.38. The van der Waals surface area contributed by atoms with Crippen LogP contribution >= 0.6 is 0 Å². The molecule has 0 heterocycles. The summed E-state index contributed by atoms with van der Waals surface area (Å²) >= 11 is 0. The van der Waals surface area contributed by atoms with Crippen molar-refractivity contribution < 1.29 is 14.4 Å². The molecule has 1 aliphatic rings. The second-order valence-electron chi connectivity index (χ2n) is 10.3. The average Bonchev–Trinajstić information content (AvgIpc) is 2.72. The van der Waals surface area contributed by atoms with E-state index in [1.54, 1.807) is 0 Å². The largest absolute Gasteiger partial charge is 0.300 e. The number of benzene rings is 1.